The first-order valence-corrected chi connectivity index (χ1v) is 12.4. The van der Waals surface area contributed by atoms with Crippen molar-refractivity contribution in [3.8, 4) is 11.1 Å². The van der Waals surface area contributed by atoms with Crippen molar-refractivity contribution in [3.63, 3.8) is 0 Å². The Labute approximate surface area is 210 Å². The lowest BCUT2D eigenvalue weighted by Crippen LogP contribution is -2.38. The maximum Gasteiger partial charge on any atom is 0.511 e. The van der Waals surface area contributed by atoms with E-state index in [4.69, 9.17) is 9.47 Å². The molecule has 9 nitrogen and oxygen atoms in total. The minimum Gasteiger partial charge on any atom is -0.444 e. The molecule has 1 aliphatic heterocycles. The third-order valence-corrected chi connectivity index (χ3v) is 6.18. The van der Waals surface area contributed by atoms with Crippen LogP contribution in [-0.2, 0) is 26.0 Å². The van der Waals surface area contributed by atoms with Gasteiger partial charge >= 0.3 is 27.7 Å². The number of rotatable bonds is 7. The fourth-order valence-corrected chi connectivity index (χ4v) is 3.84. The van der Waals surface area contributed by atoms with Gasteiger partial charge in [0.25, 0.3) is 0 Å². The molecular formula is C23H25F4N3O6S. The standard InChI is InChI=1S/C23H25F4N3O6S/c1-22(2,3)36-20(31)28-12-17-13-30(21(32)35-17)16-8-9-18(19(24)10-16)15-6-4-14(5-7-15)11-29-37(33,34)23(25,26)27/h4-10,17,29H,11-13H2,1-3H3,(H,28,31)/t17-/m0/s1. The molecule has 0 unspecified atom stereocenters. The van der Waals surface area contributed by atoms with Gasteiger partial charge in [-0.05, 0) is 50.1 Å². The van der Waals surface area contributed by atoms with Crippen molar-refractivity contribution < 1.29 is 45.0 Å². The number of carbonyl (C=O) groups excluding carboxylic acids is 2. The zero-order valence-corrected chi connectivity index (χ0v) is 20.9. The molecule has 37 heavy (non-hydrogen) atoms. The van der Waals surface area contributed by atoms with Crippen LogP contribution in [0.5, 0.6) is 0 Å². The van der Waals surface area contributed by atoms with Crippen LogP contribution in [0.2, 0.25) is 0 Å². The lowest BCUT2D eigenvalue weighted by atomic mass is 10.0. The van der Waals surface area contributed by atoms with Crippen molar-refractivity contribution >= 4 is 27.9 Å². The summed E-state index contributed by atoms with van der Waals surface area (Å²) in [6.45, 7) is 4.60. The summed E-state index contributed by atoms with van der Waals surface area (Å²) in [4.78, 5) is 25.3. The number of ether oxygens (including phenoxy) is 2. The summed E-state index contributed by atoms with van der Waals surface area (Å²) >= 11 is 0. The molecule has 0 aromatic heterocycles. The van der Waals surface area contributed by atoms with E-state index in [0.29, 0.717) is 5.56 Å². The number of carbonyl (C=O) groups is 2. The van der Waals surface area contributed by atoms with Gasteiger partial charge in [-0.25, -0.2) is 27.1 Å². The van der Waals surface area contributed by atoms with Gasteiger partial charge in [-0.3, -0.25) is 4.90 Å². The third kappa shape index (κ3) is 7.32. The summed E-state index contributed by atoms with van der Waals surface area (Å²) in [5, 5.41) is 2.51. The Balaban J connectivity index is 1.63. The largest absolute Gasteiger partial charge is 0.511 e. The first-order chi connectivity index (χ1) is 17.1. The molecule has 1 atom stereocenters. The molecule has 14 heteroatoms. The predicted molar refractivity (Wildman–Crippen MR) is 126 cm³/mol. The number of cyclic esters (lactones) is 1. The van der Waals surface area contributed by atoms with E-state index in [2.05, 4.69) is 5.32 Å². The molecule has 2 amide bonds. The van der Waals surface area contributed by atoms with E-state index in [0.717, 1.165) is 6.07 Å². The molecule has 0 aliphatic carbocycles. The van der Waals surface area contributed by atoms with Crippen molar-refractivity contribution in [3.05, 3.63) is 53.8 Å². The first kappa shape index (κ1) is 28.2. The molecular weight excluding hydrogens is 522 g/mol. The second-order valence-corrected chi connectivity index (χ2v) is 10.9. The lowest BCUT2D eigenvalue weighted by Gasteiger charge is -2.20. The molecule has 1 fully saturated rings. The summed E-state index contributed by atoms with van der Waals surface area (Å²) < 4.78 is 86.2. The van der Waals surface area contributed by atoms with Crippen molar-refractivity contribution in [2.75, 3.05) is 18.0 Å². The molecule has 1 aliphatic rings. The van der Waals surface area contributed by atoms with E-state index >= 15 is 0 Å². The number of nitrogens with one attached hydrogen (secondary N) is 2. The van der Waals surface area contributed by atoms with Gasteiger partial charge in [0.15, 0.2) is 0 Å². The lowest BCUT2D eigenvalue weighted by molar-refractivity contribution is -0.0448. The number of anilines is 1. The fourth-order valence-electron chi connectivity index (χ4n) is 3.32. The Kier molecular flexibility index (Phi) is 8.03. The number of hydrogen-bond acceptors (Lipinski definition) is 6. The molecule has 0 radical (unpaired) electrons. The zero-order valence-electron chi connectivity index (χ0n) is 20.1. The number of halogens is 4. The third-order valence-electron chi connectivity index (χ3n) is 5.05. The number of alkyl halides is 3. The van der Waals surface area contributed by atoms with Gasteiger partial charge in [0.1, 0.15) is 17.5 Å². The van der Waals surface area contributed by atoms with Gasteiger partial charge in [-0.15, -0.1) is 0 Å². The van der Waals surface area contributed by atoms with Crippen molar-refractivity contribution in [2.45, 2.75) is 44.5 Å². The molecule has 1 heterocycles. The Bertz CT molecular complexity index is 1260. The number of hydrogen-bond donors (Lipinski definition) is 2. The average molecular weight is 548 g/mol. The number of amides is 2. The van der Waals surface area contributed by atoms with Gasteiger partial charge < -0.3 is 14.8 Å². The number of benzene rings is 2. The maximum atomic E-state index is 14.9. The van der Waals surface area contributed by atoms with Gasteiger partial charge in [0.2, 0.25) is 0 Å². The molecule has 3 rings (SSSR count). The number of sulfonamides is 1. The summed E-state index contributed by atoms with van der Waals surface area (Å²) in [5.41, 5.74) is -5.11. The molecule has 2 aromatic carbocycles. The van der Waals surface area contributed by atoms with Crippen LogP contribution in [0.25, 0.3) is 11.1 Å². The van der Waals surface area contributed by atoms with E-state index in [9.17, 15) is 35.6 Å². The highest BCUT2D eigenvalue weighted by molar-refractivity contribution is 7.90. The second-order valence-electron chi connectivity index (χ2n) is 9.13. The van der Waals surface area contributed by atoms with Crippen LogP contribution in [0.15, 0.2) is 42.5 Å². The van der Waals surface area contributed by atoms with Crippen LogP contribution < -0.4 is 14.9 Å². The number of alkyl carbamates (subject to hydrolysis) is 1. The highest BCUT2D eigenvalue weighted by Crippen LogP contribution is 2.29. The Morgan fingerprint density at radius 2 is 1.78 bits per heavy atom. The summed E-state index contributed by atoms with van der Waals surface area (Å²) in [5.74, 6) is -0.675. The van der Waals surface area contributed by atoms with Crippen LogP contribution in [0.4, 0.5) is 32.8 Å². The molecule has 0 bridgehead atoms. The topological polar surface area (TPSA) is 114 Å². The van der Waals surface area contributed by atoms with E-state index < -0.39 is 51.8 Å². The second kappa shape index (κ2) is 10.5. The van der Waals surface area contributed by atoms with Crippen molar-refractivity contribution in [1.82, 2.24) is 10.0 Å². The van der Waals surface area contributed by atoms with Gasteiger partial charge in [-0.2, -0.15) is 13.2 Å². The molecule has 2 N–H and O–H groups in total. The minimum atomic E-state index is -5.48. The van der Waals surface area contributed by atoms with Crippen LogP contribution in [0, 0.1) is 5.82 Å². The normalized spacial score (nSPS) is 16.5. The molecule has 0 spiro atoms. The Morgan fingerprint density at radius 1 is 1.14 bits per heavy atom. The predicted octanol–water partition coefficient (Wildman–Crippen LogP) is 4.28. The Hall–Kier alpha value is -3.39. The highest BCUT2D eigenvalue weighted by Gasteiger charge is 2.45. The zero-order chi connectivity index (χ0) is 27.6. The summed E-state index contributed by atoms with van der Waals surface area (Å²) in [6, 6.07) is 9.63. The van der Waals surface area contributed by atoms with E-state index in [1.807, 2.05) is 0 Å². The van der Waals surface area contributed by atoms with Crippen LogP contribution in [0.3, 0.4) is 0 Å². The van der Waals surface area contributed by atoms with Crippen molar-refractivity contribution in [1.29, 1.82) is 0 Å². The van der Waals surface area contributed by atoms with Crippen LogP contribution in [0.1, 0.15) is 26.3 Å². The average Bonchev–Trinajstić information content (AvgIpc) is 3.15. The quantitative estimate of drug-likeness (QED) is 0.501. The summed E-state index contributed by atoms with van der Waals surface area (Å²) in [6.07, 6.45) is -2.06. The summed E-state index contributed by atoms with van der Waals surface area (Å²) in [7, 11) is -5.48. The monoisotopic (exact) mass is 547 g/mol. The van der Waals surface area contributed by atoms with Gasteiger partial charge in [0, 0.05) is 12.1 Å². The van der Waals surface area contributed by atoms with E-state index in [-0.39, 0.29) is 29.9 Å². The fraction of sp³-hybridized carbons (Fsp3) is 0.391. The molecule has 0 saturated carbocycles. The van der Waals surface area contributed by atoms with E-state index in [1.54, 1.807) is 20.8 Å². The SMILES string of the molecule is CC(C)(C)OC(=O)NC[C@H]1CN(c2ccc(-c3ccc(CNS(=O)(=O)C(F)(F)F)cc3)c(F)c2)C(=O)O1. The smallest absolute Gasteiger partial charge is 0.444 e. The molecule has 202 valence electrons. The maximum absolute atomic E-state index is 14.9. The minimum absolute atomic E-state index is 0.00317. The molecule has 1 saturated heterocycles. The van der Waals surface area contributed by atoms with Crippen molar-refractivity contribution in [2.24, 2.45) is 0 Å². The highest BCUT2D eigenvalue weighted by atomic mass is 32.2. The van der Waals surface area contributed by atoms with Gasteiger partial charge in [0.05, 0.1) is 18.8 Å². The first-order valence-electron chi connectivity index (χ1n) is 11.0. The molecule has 2 aromatic rings. The van der Waals surface area contributed by atoms with Crippen LogP contribution in [-0.4, -0.2) is 50.9 Å². The van der Waals surface area contributed by atoms with E-state index in [1.165, 1.54) is 46.0 Å². The number of nitrogens with zero attached hydrogens (tertiary/aromatic N) is 1. The Morgan fingerprint density at radius 3 is 2.35 bits per heavy atom. The van der Waals surface area contributed by atoms with Gasteiger partial charge in [-0.1, -0.05) is 24.3 Å². The van der Waals surface area contributed by atoms with Crippen LogP contribution >= 0.6 is 0 Å².